The summed E-state index contributed by atoms with van der Waals surface area (Å²) in [7, 11) is 2.05. The van der Waals surface area contributed by atoms with Gasteiger partial charge in [0.2, 0.25) is 0 Å². The van der Waals surface area contributed by atoms with E-state index >= 15 is 0 Å². The predicted octanol–water partition coefficient (Wildman–Crippen LogP) is 1.99. The van der Waals surface area contributed by atoms with Crippen LogP contribution >= 0.6 is 0 Å². The van der Waals surface area contributed by atoms with Crippen molar-refractivity contribution in [3.8, 4) is 0 Å². The fourth-order valence-electron chi connectivity index (χ4n) is 2.39. The second-order valence-corrected chi connectivity index (χ2v) is 5.49. The van der Waals surface area contributed by atoms with E-state index in [2.05, 4.69) is 29.2 Å². The van der Waals surface area contributed by atoms with Crippen molar-refractivity contribution in [2.45, 2.75) is 19.8 Å². The molecule has 1 heterocycles. The number of fused-ring (bicyclic) bond motifs is 1. The molecule has 0 fully saturated rings. The van der Waals surface area contributed by atoms with Gasteiger partial charge in [0.1, 0.15) is 0 Å². The number of hydrogen-bond acceptors (Lipinski definition) is 3. The van der Waals surface area contributed by atoms with Gasteiger partial charge < -0.3 is 15.2 Å². The van der Waals surface area contributed by atoms with Crippen molar-refractivity contribution < 1.29 is 4.79 Å². The molecule has 2 N–H and O–H groups in total. The molecular weight excluding hydrogens is 278 g/mol. The fourth-order valence-corrected chi connectivity index (χ4v) is 2.39. The molecule has 0 aliphatic heterocycles. The number of pyridine rings is 1. The van der Waals surface area contributed by atoms with Crippen molar-refractivity contribution in [2.24, 2.45) is 0 Å². The molecule has 22 heavy (non-hydrogen) atoms. The zero-order valence-electron chi connectivity index (χ0n) is 13.2. The normalized spacial score (nSPS) is 11.0. The van der Waals surface area contributed by atoms with Crippen LogP contribution in [-0.4, -0.2) is 42.5 Å². The minimum absolute atomic E-state index is 0.156. The highest BCUT2D eigenvalue weighted by Crippen LogP contribution is 2.13. The van der Waals surface area contributed by atoms with E-state index in [-0.39, 0.29) is 11.5 Å². The van der Waals surface area contributed by atoms with Crippen LogP contribution in [0.1, 0.15) is 30.1 Å². The molecule has 0 spiro atoms. The number of likely N-dealkylation sites (N-methyl/N-ethyl adjacent to an activating group) is 1. The second kappa shape index (κ2) is 7.75. The van der Waals surface area contributed by atoms with E-state index in [1.165, 1.54) is 12.6 Å². The van der Waals surface area contributed by atoms with Crippen LogP contribution in [0, 0.1) is 0 Å². The molecule has 1 aromatic carbocycles. The van der Waals surface area contributed by atoms with Gasteiger partial charge in [0.05, 0.1) is 5.56 Å². The fraction of sp³-hybridized carbons (Fsp3) is 0.412. The average molecular weight is 301 g/mol. The highest BCUT2D eigenvalue weighted by atomic mass is 16.1. The highest BCUT2D eigenvalue weighted by Gasteiger charge is 2.11. The van der Waals surface area contributed by atoms with Gasteiger partial charge >= 0.3 is 0 Å². The smallest absolute Gasteiger partial charge is 0.255 e. The number of hydrogen-bond donors (Lipinski definition) is 2. The molecule has 2 rings (SSSR count). The summed E-state index contributed by atoms with van der Waals surface area (Å²) in [5, 5.41) is 4.14. The molecule has 0 saturated heterocycles. The molecule has 0 aliphatic rings. The summed E-state index contributed by atoms with van der Waals surface area (Å²) in [5.74, 6) is -0.156. The predicted molar refractivity (Wildman–Crippen MR) is 89.3 cm³/mol. The van der Waals surface area contributed by atoms with Crippen LogP contribution in [-0.2, 0) is 0 Å². The lowest BCUT2D eigenvalue weighted by atomic mass is 10.1. The van der Waals surface area contributed by atoms with Gasteiger partial charge in [-0.3, -0.25) is 9.59 Å². The Morgan fingerprint density at radius 3 is 2.68 bits per heavy atom. The number of aromatic amines is 1. The van der Waals surface area contributed by atoms with Gasteiger partial charge in [0.25, 0.3) is 11.5 Å². The number of carbonyl (C=O) groups is 1. The Morgan fingerprint density at radius 1 is 1.23 bits per heavy atom. The number of nitrogens with one attached hydrogen (secondary N) is 2. The molecule has 0 unspecified atom stereocenters. The maximum Gasteiger partial charge on any atom is 0.255 e. The van der Waals surface area contributed by atoms with Crippen molar-refractivity contribution in [3.63, 3.8) is 0 Å². The summed E-state index contributed by atoms with van der Waals surface area (Å²) in [5.41, 5.74) is 0.331. The minimum atomic E-state index is -0.175. The number of carbonyl (C=O) groups excluding carboxylic acids is 1. The number of aromatic nitrogens is 1. The SMILES string of the molecule is CCCCN(C)CCNC(=O)c1c[nH]c(=O)c2ccccc12. The monoisotopic (exact) mass is 301 g/mol. The Hall–Kier alpha value is -2.14. The number of unbranched alkanes of at least 4 members (excludes halogenated alkanes) is 1. The lowest BCUT2D eigenvalue weighted by molar-refractivity contribution is 0.0951. The maximum absolute atomic E-state index is 12.3. The van der Waals surface area contributed by atoms with E-state index < -0.39 is 0 Å². The molecule has 1 amide bonds. The summed E-state index contributed by atoms with van der Waals surface area (Å²) >= 11 is 0. The van der Waals surface area contributed by atoms with Crippen LogP contribution in [0.3, 0.4) is 0 Å². The van der Waals surface area contributed by atoms with Crippen LogP contribution in [0.4, 0.5) is 0 Å². The summed E-state index contributed by atoms with van der Waals surface area (Å²) < 4.78 is 0. The highest BCUT2D eigenvalue weighted by molar-refractivity contribution is 6.06. The van der Waals surface area contributed by atoms with Crippen LogP contribution in [0.15, 0.2) is 35.3 Å². The lowest BCUT2D eigenvalue weighted by Crippen LogP contribution is -2.33. The molecule has 0 aliphatic carbocycles. The number of nitrogens with zero attached hydrogens (tertiary/aromatic N) is 1. The Morgan fingerprint density at radius 2 is 1.95 bits per heavy atom. The molecule has 118 valence electrons. The number of benzene rings is 1. The Balaban J connectivity index is 2.02. The number of H-pyrrole nitrogens is 1. The first kappa shape index (κ1) is 16.2. The maximum atomic E-state index is 12.3. The van der Waals surface area contributed by atoms with E-state index in [9.17, 15) is 9.59 Å². The molecule has 5 heteroatoms. The third kappa shape index (κ3) is 3.95. The molecule has 2 aromatic rings. The first-order chi connectivity index (χ1) is 10.6. The van der Waals surface area contributed by atoms with E-state index in [1.807, 2.05) is 6.07 Å². The molecule has 1 aromatic heterocycles. The van der Waals surface area contributed by atoms with Crippen molar-refractivity contribution in [2.75, 3.05) is 26.7 Å². The summed E-state index contributed by atoms with van der Waals surface area (Å²) in [6, 6.07) is 7.15. The van der Waals surface area contributed by atoms with E-state index in [1.54, 1.807) is 18.2 Å². The molecule has 0 saturated carbocycles. The van der Waals surface area contributed by atoms with Gasteiger partial charge in [0, 0.05) is 30.1 Å². The first-order valence-corrected chi connectivity index (χ1v) is 7.70. The minimum Gasteiger partial charge on any atom is -0.351 e. The van der Waals surface area contributed by atoms with E-state index in [0.717, 1.165) is 19.5 Å². The molecule has 0 radical (unpaired) electrons. The van der Waals surface area contributed by atoms with Crippen molar-refractivity contribution in [1.82, 2.24) is 15.2 Å². The summed E-state index contributed by atoms with van der Waals surface area (Å²) in [6.45, 7) is 4.60. The van der Waals surface area contributed by atoms with Crippen LogP contribution in [0.25, 0.3) is 10.8 Å². The van der Waals surface area contributed by atoms with Gasteiger partial charge in [-0.25, -0.2) is 0 Å². The van der Waals surface area contributed by atoms with Gasteiger partial charge in [-0.2, -0.15) is 0 Å². The van der Waals surface area contributed by atoms with Gasteiger partial charge in [-0.1, -0.05) is 31.5 Å². The molecule has 0 bridgehead atoms. The van der Waals surface area contributed by atoms with Gasteiger partial charge in [0.15, 0.2) is 0 Å². The third-order valence-corrected chi connectivity index (χ3v) is 3.73. The van der Waals surface area contributed by atoms with Gasteiger partial charge in [-0.05, 0) is 26.1 Å². The van der Waals surface area contributed by atoms with Crippen LogP contribution in [0.2, 0.25) is 0 Å². The Labute approximate surface area is 130 Å². The van der Waals surface area contributed by atoms with E-state index in [0.29, 0.717) is 22.9 Å². The summed E-state index contributed by atoms with van der Waals surface area (Å²) in [6.07, 6.45) is 3.82. The average Bonchev–Trinajstić information content (AvgIpc) is 2.53. The quantitative estimate of drug-likeness (QED) is 0.822. The van der Waals surface area contributed by atoms with E-state index in [4.69, 9.17) is 0 Å². The largest absolute Gasteiger partial charge is 0.351 e. The zero-order valence-corrected chi connectivity index (χ0v) is 13.2. The zero-order chi connectivity index (χ0) is 15.9. The molecule has 5 nitrogen and oxygen atoms in total. The lowest BCUT2D eigenvalue weighted by Gasteiger charge is -2.16. The molecule has 0 atom stereocenters. The number of amides is 1. The van der Waals surface area contributed by atoms with Crippen molar-refractivity contribution in [1.29, 1.82) is 0 Å². The number of rotatable bonds is 7. The topological polar surface area (TPSA) is 65.2 Å². The molecular formula is C17H23N3O2. The third-order valence-electron chi connectivity index (χ3n) is 3.73. The standard InChI is InChI=1S/C17H23N3O2/c1-3-4-10-20(2)11-9-18-17(22)15-12-19-16(21)14-8-6-5-7-13(14)15/h5-8,12H,3-4,9-11H2,1-2H3,(H,18,22)(H,19,21). The van der Waals surface area contributed by atoms with Crippen LogP contribution < -0.4 is 10.9 Å². The van der Waals surface area contributed by atoms with Crippen molar-refractivity contribution >= 4 is 16.7 Å². The Bertz CT molecular complexity index is 694. The van der Waals surface area contributed by atoms with Gasteiger partial charge in [-0.15, -0.1) is 0 Å². The van der Waals surface area contributed by atoms with Crippen LogP contribution in [0.5, 0.6) is 0 Å². The second-order valence-electron chi connectivity index (χ2n) is 5.49. The van der Waals surface area contributed by atoms with Crippen molar-refractivity contribution in [3.05, 3.63) is 46.4 Å². The first-order valence-electron chi connectivity index (χ1n) is 7.70. The Kier molecular flexibility index (Phi) is 5.72. The summed E-state index contributed by atoms with van der Waals surface area (Å²) in [4.78, 5) is 28.9.